The van der Waals surface area contributed by atoms with Crippen LogP contribution in [0.1, 0.15) is 31.9 Å². The Kier molecular flexibility index (Phi) is 6.05. The number of nitrogens with two attached hydrogens (primary N) is 1. The maximum absolute atomic E-state index is 6.18. The van der Waals surface area contributed by atoms with Crippen LogP contribution < -0.4 is 10.5 Å². The molecule has 0 heterocycles. The lowest BCUT2D eigenvalue weighted by Crippen LogP contribution is -2.28. The second-order valence-corrected chi connectivity index (χ2v) is 7.05. The van der Waals surface area contributed by atoms with Crippen molar-refractivity contribution in [3.8, 4) is 5.75 Å². The number of ether oxygens (including phenoxy) is 1. The molecular formula is C17H31N3O. The summed E-state index contributed by atoms with van der Waals surface area (Å²) in [5.41, 5.74) is 9.38. The van der Waals surface area contributed by atoms with Gasteiger partial charge in [-0.15, -0.1) is 0 Å². The fraction of sp³-hybridized carbons (Fsp3) is 0.647. The summed E-state index contributed by atoms with van der Waals surface area (Å²) in [6, 6.07) is 4.25. The van der Waals surface area contributed by atoms with Gasteiger partial charge in [-0.2, -0.15) is 0 Å². The number of hydrogen-bond acceptors (Lipinski definition) is 4. The zero-order valence-electron chi connectivity index (χ0n) is 14.7. The minimum absolute atomic E-state index is 0.0807. The Labute approximate surface area is 129 Å². The molecule has 0 aliphatic heterocycles. The minimum Gasteiger partial charge on any atom is -0.494 e. The molecule has 0 aliphatic carbocycles. The quantitative estimate of drug-likeness (QED) is 0.819. The van der Waals surface area contributed by atoms with E-state index in [1.54, 1.807) is 7.11 Å². The van der Waals surface area contributed by atoms with Crippen molar-refractivity contribution in [1.82, 2.24) is 9.80 Å². The summed E-state index contributed by atoms with van der Waals surface area (Å²) in [4.78, 5) is 4.48. The molecule has 0 radical (unpaired) electrons. The van der Waals surface area contributed by atoms with E-state index in [-0.39, 0.29) is 5.41 Å². The third-order valence-electron chi connectivity index (χ3n) is 3.63. The van der Waals surface area contributed by atoms with Gasteiger partial charge in [-0.25, -0.2) is 0 Å². The molecule has 0 saturated heterocycles. The van der Waals surface area contributed by atoms with Gasteiger partial charge in [0.05, 0.1) is 12.8 Å². The summed E-state index contributed by atoms with van der Waals surface area (Å²) in [7, 11) is 7.99. The summed E-state index contributed by atoms with van der Waals surface area (Å²) >= 11 is 0. The van der Waals surface area contributed by atoms with Gasteiger partial charge in [-0.1, -0.05) is 26.8 Å². The average Bonchev–Trinajstić information content (AvgIpc) is 2.35. The van der Waals surface area contributed by atoms with Gasteiger partial charge in [-0.3, -0.25) is 0 Å². The van der Waals surface area contributed by atoms with Crippen LogP contribution in [0.4, 0.5) is 5.69 Å². The topological polar surface area (TPSA) is 41.7 Å². The first-order chi connectivity index (χ1) is 9.65. The Morgan fingerprint density at radius 2 is 1.71 bits per heavy atom. The molecule has 0 fully saturated rings. The number of likely N-dealkylation sites (N-methyl/N-ethyl adjacent to an activating group) is 2. The van der Waals surface area contributed by atoms with Crippen LogP contribution in [0.2, 0.25) is 0 Å². The Balaban J connectivity index is 3.01. The van der Waals surface area contributed by atoms with Crippen molar-refractivity contribution in [2.24, 2.45) is 0 Å². The van der Waals surface area contributed by atoms with E-state index in [2.05, 4.69) is 57.8 Å². The number of benzene rings is 1. The van der Waals surface area contributed by atoms with E-state index in [0.717, 1.165) is 36.6 Å². The molecular weight excluding hydrogens is 262 g/mol. The standard InChI is InChI=1S/C17H31N3O/c1-17(2,3)14-10-13(16(21-7)15(18)11-14)12-20(6)9-8-19(4)5/h10-11H,8-9,12,18H2,1-7H3. The second kappa shape index (κ2) is 7.14. The van der Waals surface area contributed by atoms with E-state index >= 15 is 0 Å². The van der Waals surface area contributed by atoms with Gasteiger partial charge in [-0.05, 0) is 38.2 Å². The smallest absolute Gasteiger partial charge is 0.146 e. The highest BCUT2D eigenvalue weighted by atomic mass is 16.5. The Morgan fingerprint density at radius 1 is 1.10 bits per heavy atom. The number of hydrogen-bond donors (Lipinski definition) is 1. The van der Waals surface area contributed by atoms with Gasteiger partial charge in [0.15, 0.2) is 0 Å². The van der Waals surface area contributed by atoms with Crippen molar-refractivity contribution in [2.45, 2.75) is 32.7 Å². The molecule has 0 bridgehead atoms. The number of anilines is 1. The monoisotopic (exact) mass is 293 g/mol. The van der Waals surface area contributed by atoms with Crippen LogP contribution in [0, 0.1) is 0 Å². The lowest BCUT2D eigenvalue weighted by atomic mass is 9.85. The molecule has 21 heavy (non-hydrogen) atoms. The van der Waals surface area contributed by atoms with Crippen LogP contribution in [0.15, 0.2) is 12.1 Å². The van der Waals surface area contributed by atoms with Crippen LogP contribution in [-0.2, 0) is 12.0 Å². The number of nitrogen functional groups attached to an aromatic ring is 1. The van der Waals surface area contributed by atoms with E-state index < -0.39 is 0 Å². The highest BCUT2D eigenvalue weighted by Gasteiger charge is 2.19. The fourth-order valence-electron chi connectivity index (χ4n) is 2.25. The van der Waals surface area contributed by atoms with Crippen LogP contribution in [0.3, 0.4) is 0 Å². The molecule has 4 heteroatoms. The van der Waals surface area contributed by atoms with Gasteiger partial charge < -0.3 is 20.3 Å². The average molecular weight is 293 g/mol. The van der Waals surface area contributed by atoms with Crippen LogP contribution >= 0.6 is 0 Å². The zero-order valence-corrected chi connectivity index (χ0v) is 14.7. The number of rotatable bonds is 6. The molecule has 0 aromatic heterocycles. The van der Waals surface area contributed by atoms with E-state index in [1.807, 2.05) is 6.07 Å². The third kappa shape index (κ3) is 5.21. The molecule has 0 aliphatic rings. The van der Waals surface area contributed by atoms with Gasteiger partial charge in [0.2, 0.25) is 0 Å². The SMILES string of the molecule is COc1c(N)cc(C(C)(C)C)cc1CN(C)CCN(C)C. The maximum Gasteiger partial charge on any atom is 0.146 e. The predicted octanol–water partition coefficient (Wildman–Crippen LogP) is 2.57. The second-order valence-electron chi connectivity index (χ2n) is 7.05. The van der Waals surface area contributed by atoms with Crippen molar-refractivity contribution in [1.29, 1.82) is 0 Å². The number of nitrogens with zero attached hydrogens (tertiary/aromatic N) is 2. The zero-order chi connectivity index (χ0) is 16.2. The highest BCUT2D eigenvalue weighted by molar-refractivity contribution is 5.60. The molecule has 1 aromatic rings. The maximum atomic E-state index is 6.18. The molecule has 0 atom stereocenters. The van der Waals surface area contributed by atoms with Crippen LogP contribution in [-0.4, -0.2) is 51.1 Å². The lowest BCUT2D eigenvalue weighted by Gasteiger charge is -2.25. The lowest BCUT2D eigenvalue weighted by molar-refractivity contribution is 0.272. The van der Waals surface area contributed by atoms with E-state index in [9.17, 15) is 0 Å². The van der Waals surface area contributed by atoms with Gasteiger partial charge in [0, 0.05) is 25.2 Å². The van der Waals surface area contributed by atoms with Gasteiger partial charge >= 0.3 is 0 Å². The van der Waals surface area contributed by atoms with Crippen molar-refractivity contribution < 1.29 is 4.74 Å². The first-order valence-electron chi connectivity index (χ1n) is 7.45. The number of methoxy groups -OCH3 is 1. The first kappa shape index (κ1) is 17.8. The molecule has 0 amide bonds. The van der Waals surface area contributed by atoms with Crippen molar-refractivity contribution >= 4 is 5.69 Å². The molecule has 0 saturated carbocycles. The summed E-state index contributed by atoms with van der Waals surface area (Å²) in [5.74, 6) is 0.805. The highest BCUT2D eigenvalue weighted by Crippen LogP contribution is 2.33. The largest absolute Gasteiger partial charge is 0.494 e. The van der Waals surface area contributed by atoms with Crippen LogP contribution in [0.25, 0.3) is 0 Å². The molecule has 2 N–H and O–H groups in total. The summed E-state index contributed by atoms with van der Waals surface area (Å²) in [5, 5.41) is 0. The molecule has 1 rings (SSSR count). The van der Waals surface area contributed by atoms with Crippen molar-refractivity contribution in [3.63, 3.8) is 0 Å². The summed E-state index contributed by atoms with van der Waals surface area (Å²) < 4.78 is 5.51. The van der Waals surface area contributed by atoms with Crippen molar-refractivity contribution in [3.05, 3.63) is 23.3 Å². The van der Waals surface area contributed by atoms with Gasteiger partial charge in [0.1, 0.15) is 5.75 Å². The summed E-state index contributed by atoms with van der Waals surface area (Å²) in [6.07, 6.45) is 0. The molecule has 120 valence electrons. The van der Waals surface area contributed by atoms with E-state index in [4.69, 9.17) is 10.5 Å². The molecule has 0 spiro atoms. The fourth-order valence-corrected chi connectivity index (χ4v) is 2.25. The Morgan fingerprint density at radius 3 is 2.19 bits per heavy atom. The minimum atomic E-state index is 0.0807. The molecule has 1 aromatic carbocycles. The first-order valence-corrected chi connectivity index (χ1v) is 7.45. The Bertz CT molecular complexity index is 464. The van der Waals surface area contributed by atoms with E-state index in [1.165, 1.54) is 5.56 Å². The molecule has 4 nitrogen and oxygen atoms in total. The van der Waals surface area contributed by atoms with Gasteiger partial charge in [0.25, 0.3) is 0 Å². The predicted molar refractivity (Wildman–Crippen MR) is 91.0 cm³/mol. The van der Waals surface area contributed by atoms with Crippen LogP contribution in [0.5, 0.6) is 5.75 Å². The van der Waals surface area contributed by atoms with Crippen molar-refractivity contribution in [2.75, 3.05) is 47.1 Å². The molecule has 0 unspecified atom stereocenters. The Hall–Kier alpha value is -1.26. The van der Waals surface area contributed by atoms with E-state index in [0.29, 0.717) is 0 Å². The normalized spacial score (nSPS) is 12.2. The third-order valence-corrected chi connectivity index (χ3v) is 3.63. The summed E-state index contributed by atoms with van der Waals surface area (Å²) in [6.45, 7) is 9.49.